The highest BCUT2D eigenvalue weighted by atomic mass is 19.1. The van der Waals surface area contributed by atoms with Gasteiger partial charge in [0.05, 0.1) is 17.4 Å². The van der Waals surface area contributed by atoms with E-state index in [0.29, 0.717) is 68.9 Å². The molecule has 2 aromatic carbocycles. The summed E-state index contributed by atoms with van der Waals surface area (Å²) in [7, 11) is 0. The molecule has 2 aromatic rings. The van der Waals surface area contributed by atoms with Gasteiger partial charge >= 0.3 is 0 Å². The van der Waals surface area contributed by atoms with E-state index in [9.17, 15) is 24.6 Å². The van der Waals surface area contributed by atoms with Gasteiger partial charge in [0.25, 0.3) is 5.91 Å². The first-order chi connectivity index (χ1) is 26.1. The van der Waals surface area contributed by atoms with Crippen LogP contribution in [0.5, 0.6) is 0 Å². The molecule has 286 valence electrons. The molecule has 2 heterocycles. The van der Waals surface area contributed by atoms with Crippen molar-refractivity contribution in [3.05, 3.63) is 93.3 Å². The molecule has 2 saturated carbocycles. The Hall–Kier alpha value is -4.15. The lowest BCUT2D eigenvalue weighted by Gasteiger charge is -2.52. The van der Waals surface area contributed by atoms with Gasteiger partial charge in [-0.15, -0.1) is 0 Å². The largest absolute Gasteiger partial charge is 0.393 e. The second-order valence-corrected chi connectivity index (χ2v) is 16.8. The molecule has 1 saturated heterocycles. The van der Waals surface area contributed by atoms with Crippen molar-refractivity contribution >= 4 is 23.3 Å². The normalized spacial score (nSPS) is 29.0. The number of unbranched alkanes of at least 4 members (excludes halogenated alkanes) is 2. The van der Waals surface area contributed by atoms with E-state index >= 15 is 4.39 Å². The van der Waals surface area contributed by atoms with Crippen LogP contribution in [0.3, 0.4) is 0 Å². The van der Waals surface area contributed by atoms with Crippen molar-refractivity contribution in [3.8, 4) is 0 Å². The summed E-state index contributed by atoms with van der Waals surface area (Å²) < 4.78 is 15.0. The fraction of sp³-hybridized carbons (Fsp3) is 0.545. The highest BCUT2D eigenvalue weighted by Crippen LogP contribution is 2.62. The Labute approximate surface area is 317 Å². The number of hydrogen-bond donors (Lipinski definition) is 3. The number of hydrogen-bond acceptors (Lipinski definition) is 7. The Morgan fingerprint density at radius 3 is 2.59 bits per heavy atom. The molecule has 2 amide bonds. The number of ketones is 1. The third-order valence-electron chi connectivity index (χ3n) is 13.7. The molecule has 0 aromatic heterocycles. The molecule has 0 radical (unpaired) electrons. The van der Waals surface area contributed by atoms with E-state index in [1.165, 1.54) is 17.2 Å². The average molecular weight is 737 g/mol. The number of halogens is 1. The van der Waals surface area contributed by atoms with Crippen molar-refractivity contribution in [1.82, 2.24) is 15.2 Å². The van der Waals surface area contributed by atoms with Crippen LogP contribution in [0, 0.1) is 29.0 Å². The third-order valence-corrected chi connectivity index (χ3v) is 13.7. The minimum Gasteiger partial charge on any atom is -0.393 e. The molecule has 8 rings (SSSR count). The molecule has 6 aliphatic rings. The number of amides is 2. The lowest BCUT2D eigenvalue weighted by Crippen LogP contribution is -2.50. The summed E-state index contributed by atoms with van der Waals surface area (Å²) in [5.41, 5.74) is 10.00. The van der Waals surface area contributed by atoms with Crippen molar-refractivity contribution in [2.75, 3.05) is 26.2 Å². The minimum absolute atomic E-state index is 0.00946. The highest BCUT2D eigenvalue weighted by Gasteiger charge is 2.55. The standard InChI is InChI=1S/C44H53FN4O5/c1-44-26-29(41-31-15-13-30(50)25-28(31)12-14-34(41)36(44)16-18-39(44)51)7-3-2-4-10-40(52)48-19-21-49(22-20-48)43(54)35-23-27(11-17-37(35)45)24-38-32-8-5-6-9-33(32)42(53)47-46-38/h5-6,8-9,11,17,23,25,29,34,36,39,42,47,51,53H,2-4,7,10,12-16,18-22,24,26H2,1H3/t29-,34-,36-,39-,42?,44-/m0/s1. The van der Waals surface area contributed by atoms with Crippen LogP contribution in [-0.4, -0.2) is 75.6 Å². The summed E-state index contributed by atoms with van der Waals surface area (Å²) in [6.07, 6.45) is 12.0. The summed E-state index contributed by atoms with van der Waals surface area (Å²) in [6, 6.07) is 12.0. The molecule has 0 bridgehead atoms. The van der Waals surface area contributed by atoms with Gasteiger partial charge in [0.2, 0.25) is 5.91 Å². The van der Waals surface area contributed by atoms with Crippen LogP contribution >= 0.6 is 0 Å². The number of carbonyl (C=O) groups is 3. The number of piperazine rings is 1. The van der Waals surface area contributed by atoms with E-state index in [0.717, 1.165) is 80.9 Å². The summed E-state index contributed by atoms with van der Waals surface area (Å²) in [5, 5.41) is 25.7. The Bertz CT molecular complexity index is 1910. The Kier molecular flexibility index (Phi) is 10.3. The van der Waals surface area contributed by atoms with Crippen LogP contribution in [0.1, 0.15) is 117 Å². The number of aliphatic hydroxyl groups excluding tert-OH is 2. The van der Waals surface area contributed by atoms with E-state index in [2.05, 4.69) is 17.5 Å². The minimum atomic E-state index is -0.895. The Balaban J connectivity index is 0.826. The molecule has 6 atom stereocenters. The fourth-order valence-corrected chi connectivity index (χ4v) is 10.8. The molecule has 9 nitrogen and oxygen atoms in total. The lowest BCUT2D eigenvalue weighted by molar-refractivity contribution is -0.132. The van der Waals surface area contributed by atoms with Gasteiger partial charge in [0, 0.05) is 56.6 Å². The Morgan fingerprint density at radius 1 is 0.963 bits per heavy atom. The van der Waals surface area contributed by atoms with Crippen LogP contribution in [0.4, 0.5) is 4.39 Å². The highest BCUT2D eigenvalue weighted by molar-refractivity contribution is 6.04. The number of rotatable bonds is 9. The van der Waals surface area contributed by atoms with Crippen LogP contribution in [-0.2, 0) is 16.0 Å². The number of fused-ring (bicyclic) bond motifs is 5. The summed E-state index contributed by atoms with van der Waals surface area (Å²) in [4.78, 5) is 42.5. The first kappa shape index (κ1) is 36.8. The van der Waals surface area contributed by atoms with Crippen molar-refractivity contribution in [2.24, 2.45) is 28.3 Å². The molecule has 3 N–H and O–H groups in total. The third kappa shape index (κ3) is 6.96. The second-order valence-electron chi connectivity index (χ2n) is 16.8. The molecule has 3 fully saturated rings. The van der Waals surface area contributed by atoms with Gasteiger partial charge in [-0.1, -0.05) is 55.7 Å². The monoisotopic (exact) mass is 736 g/mol. The lowest BCUT2D eigenvalue weighted by atomic mass is 9.53. The number of nitrogens with zero attached hydrogens (tertiary/aromatic N) is 3. The molecular weight excluding hydrogens is 684 g/mol. The van der Waals surface area contributed by atoms with Gasteiger partial charge in [-0.05, 0) is 109 Å². The number of allylic oxidation sites excluding steroid dienone is 4. The molecule has 0 spiro atoms. The first-order valence-corrected chi connectivity index (χ1v) is 20.2. The van der Waals surface area contributed by atoms with Crippen LogP contribution in [0.2, 0.25) is 0 Å². The van der Waals surface area contributed by atoms with Crippen molar-refractivity contribution in [3.63, 3.8) is 0 Å². The van der Waals surface area contributed by atoms with Crippen molar-refractivity contribution < 1.29 is 29.0 Å². The maximum Gasteiger partial charge on any atom is 0.256 e. The van der Waals surface area contributed by atoms with Crippen LogP contribution in [0.25, 0.3) is 0 Å². The maximum absolute atomic E-state index is 15.0. The van der Waals surface area contributed by atoms with Crippen molar-refractivity contribution in [2.45, 2.75) is 103 Å². The SMILES string of the molecule is C[C@]12C[C@H](CCCCCC(=O)N3CCN(C(=O)c4cc(CC5=NNC(O)c6ccccc65)ccc4F)CC3)C3=C4CCC(=O)C=C4CC[C@H]3[C@@H]1CC[C@@H]2O. The summed E-state index contributed by atoms with van der Waals surface area (Å²) in [6.45, 7) is 3.87. The quantitative estimate of drug-likeness (QED) is 0.257. The van der Waals surface area contributed by atoms with Gasteiger partial charge < -0.3 is 20.0 Å². The maximum atomic E-state index is 15.0. The smallest absolute Gasteiger partial charge is 0.256 e. The Morgan fingerprint density at radius 2 is 1.76 bits per heavy atom. The van der Waals surface area contributed by atoms with Gasteiger partial charge in [0.1, 0.15) is 5.82 Å². The fourth-order valence-electron chi connectivity index (χ4n) is 10.8. The molecule has 2 aliphatic heterocycles. The molecular formula is C44H53FN4O5. The molecule has 10 heteroatoms. The van der Waals surface area contributed by atoms with E-state index < -0.39 is 12.0 Å². The summed E-state index contributed by atoms with van der Waals surface area (Å²) >= 11 is 0. The van der Waals surface area contributed by atoms with E-state index in [1.54, 1.807) is 22.6 Å². The molecule has 54 heavy (non-hydrogen) atoms. The molecule has 4 aliphatic carbocycles. The number of aliphatic hydroxyl groups is 2. The van der Waals surface area contributed by atoms with E-state index in [4.69, 9.17) is 0 Å². The zero-order valence-corrected chi connectivity index (χ0v) is 31.4. The van der Waals surface area contributed by atoms with Gasteiger partial charge in [-0.2, -0.15) is 5.10 Å². The zero-order chi connectivity index (χ0) is 37.6. The van der Waals surface area contributed by atoms with Crippen LogP contribution in [0.15, 0.2) is 70.4 Å². The summed E-state index contributed by atoms with van der Waals surface area (Å²) in [5.74, 6) is 0.861. The predicted molar refractivity (Wildman–Crippen MR) is 204 cm³/mol. The number of benzene rings is 2. The first-order valence-electron chi connectivity index (χ1n) is 20.2. The topological polar surface area (TPSA) is 123 Å². The average Bonchev–Trinajstić information content (AvgIpc) is 3.48. The van der Waals surface area contributed by atoms with E-state index in [-0.39, 0.29) is 34.7 Å². The van der Waals surface area contributed by atoms with Crippen molar-refractivity contribution in [1.29, 1.82) is 0 Å². The zero-order valence-electron chi connectivity index (χ0n) is 31.4. The molecule has 1 unspecified atom stereocenters. The van der Waals surface area contributed by atoms with Gasteiger partial charge in [-0.25, -0.2) is 4.39 Å². The predicted octanol–water partition coefficient (Wildman–Crippen LogP) is 6.39. The van der Waals surface area contributed by atoms with Gasteiger partial charge in [-0.3, -0.25) is 19.8 Å². The number of nitrogens with one attached hydrogen (secondary N) is 1. The van der Waals surface area contributed by atoms with E-state index in [1.807, 2.05) is 35.2 Å². The van der Waals surface area contributed by atoms with Crippen LogP contribution < -0.4 is 5.43 Å². The number of hydrazone groups is 1. The van der Waals surface area contributed by atoms with Gasteiger partial charge in [0.15, 0.2) is 12.0 Å². The second kappa shape index (κ2) is 15.2. The number of carbonyl (C=O) groups excluding carboxylic acids is 3.